The van der Waals surface area contributed by atoms with E-state index in [1.807, 2.05) is 25.1 Å². The van der Waals surface area contributed by atoms with Crippen LogP contribution in [0, 0.1) is 13.8 Å². The van der Waals surface area contributed by atoms with Gasteiger partial charge in [-0.25, -0.2) is 8.42 Å². The summed E-state index contributed by atoms with van der Waals surface area (Å²) in [7, 11) is -2.03. The molecule has 0 aromatic heterocycles. The van der Waals surface area contributed by atoms with Crippen molar-refractivity contribution in [2.75, 3.05) is 11.4 Å². The second-order valence-electron chi connectivity index (χ2n) is 5.04. The van der Waals surface area contributed by atoms with Crippen molar-refractivity contribution in [2.24, 2.45) is 0 Å². The van der Waals surface area contributed by atoms with E-state index < -0.39 is 10.0 Å². The summed E-state index contributed by atoms with van der Waals surface area (Å²) in [5, 5.41) is 0. The molecule has 2 rings (SSSR count). The number of benzene rings is 2. The Morgan fingerprint density at radius 3 is 2.24 bits per heavy atom. The van der Waals surface area contributed by atoms with E-state index in [1.54, 1.807) is 38.2 Å². The van der Waals surface area contributed by atoms with Crippen molar-refractivity contribution in [3.8, 4) is 0 Å². The molecule has 2 aromatic carbocycles. The molecule has 5 heteroatoms. The van der Waals surface area contributed by atoms with Crippen molar-refractivity contribution < 1.29 is 8.42 Å². The molecule has 0 atom stereocenters. The molecule has 21 heavy (non-hydrogen) atoms. The summed E-state index contributed by atoms with van der Waals surface area (Å²) in [6.45, 7) is 3.75. The fraction of sp³-hybridized carbons (Fsp3) is 0.250. The monoisotopic (exact) mass is 323 g/mol. The van der Waals surface area contributed by atoms with Crippen LogP contribution in [0.3, 0.4) is 0 Å². The van der Waals surface area contributed by atoms with E-state index in [0.29, 0.717) is 16.1 Å². The van der Waals surface area contributed by atoms with Crippen molar-refractivity contribution >= 4 is 27.3 Å². The van der Waals surface area contributed by atoms with Gasteiger partial charge in [-0.15, -0.1) is 11.6 Å². The van der Waals surface area contributed by atoms with Gasteiger partial charge in [-0.2, -0.15) is 0 Å². The molecule has 0 aliphatic heterocycles. The van der Waals surface area contributed by atoms with Gasteiger partial charge in [0.05, 0.1) is 10.6 Å². The molecule has 0 bridgehead atoms. The first-order valence-electron chi connectivity index (χ1n) is 6.57. The summed E-state index contributed by atoms with van der Waals surface area (Å²) in [5.41, 5.74) is 3.22. The summed E-state index contributed by atoms with van der Waals surface area (Å²) in [4.78, 5) is 0.295. The summed E-state index contributed by atoms with van der Waals surface area (Å²) < 4.78 is 26.9. The molecule has 0 saturated heterocycles. The van der Waals surface area contributed by atoms with Gasteiger partial charge in [0.2, 0.25) is 0 Å². The molecule has 0 amide bonds. The molecule has 0 fully saturated rings. The quantitative estimate of drug-likeness (QED) is 0.801. The third-order valence-corrected chi connectivity index (χ3v) is 5.68. The van der Waals surface area contributed by atoms with Gasteiger partial charge >= 0.3 is 0 Å². The van der Waals surface area contributed by atoms with Crippen LogP contribution in [0.25, 0.3) is 0 Å². The Morgan fingerprint density at radius 2 is 1.67 bits per heavy atom. The highest BCUT2D eigenvalue weighted by molar-refractivity contribution is 7.92. The SMILES string of the molecule is Cc1ccc(N(C)S(=O)(=O)c2cc(CCl)ccc2C)cc1. The lowest BCUT2D eigenvalue weighted by molar-refractivity contribution is 0.593. The maximum atomic E-state index is 12.8. The number of nitrogens with zero attached hydrogens (tertiary/aromatic N) is 1. The molecule has 2 aromatic rings. The summed E-state index contributed by atoms with van der Waals surface area (Å²) >= 11 is 5.81. The van der Waals surface area contributed by atoms with Crippen LogP contribution >= 0.6 is 11.6 Å². The predicted octanol–water partition coefficient (Wildman–Crippen LogP) is 3.87. The van der Waals surface area contributed by atoms with Gasteiger partial charge in [-0.1, -0.05) is 29.8 Å². The number of alkyl halides is 1. The Morgan fingerprint density at radius 1 is 1.05 bits per heavy atom. The third kappa shape index (κ3) is 3.22. The maximum Gasteiger partial charge on any atom is 0.264 e. The van der Waals surface area contributed by atoms with Crippen LogP contribution in [0.1, 0.15) is 16.7 Å². The van der Waals surface area contributed by atoms with Crippen LogP contribution in [-0.2, 0) is 15.9 Å². The Labute approximate surface area is 131 Å². The van der Waals surface area contributed by atoms with E-state index >= 15 is 0 Å². The van der Waals surface area contributed by atoms with Crippen molar-refractivity contribution in [2.45, 2.75) is 24.6 Å². The molecule has 3 nitrogen and oxygen atoms in total. The first-order chi connectivity index (χ1) is 9.86. The molecule has 0 N–H and O–H groups in total. The fourth-order valence-corrected chi connectivity index (χ4v) is 3.68. The average Bonchev–Trinajstić information content (AvgIpc) is 2.47. The van der Waals surface area contributed by atoms with E-state index in [-0.39, 0.29) is 5.88 Å². The zero-order valence-electron chi connectivity index (χ0n) is 12.3. The van der Waals surface area contributed by atoms with Gasteiger partial charge in [0.25, 0.3) is 10.0 Å². The number of hydrogen-bond acceptors (Lipinski definition) is 2. The molecule has 112 valence electrons. The van der Waals surface area contributed by atoms with Crippen LogP contribution in [0.15, 0.2) is 47.4 Å². The van der Waals surface area contributed by atoms with Crippen molar-refractivity contribution in [1.82, 2.24) is 0 Å². The lowest BCUT2D eigenvalue weighted by atomic mass is 10.2. The van der Waals surface area contributed by atoms with Crippen molar-refractivity contribution in [1.29, 1.82) is 0 Å². The maximum absolute atomic E-state index is 12.8. The van der Waals surface area contributed by atoms with E-state index in [9.17, 15) is 8.42 Å². The summed E-state index contributed by atoms with van der Waals surface area (Å²) in [6.07, 6.45) is 0. The fourth-order valence-electron chi connectivity index (χ4n) is 2.05. The topological polar surface area (TPSA) is 37.4 Å². The van der Waals surface area contributed by atoms with Crippen LogP contribution < -0.4 is 4.31 Å². The predicted molar refractivity (Wildman–Crippen MR) is 87.5 cm³/mol. The molecule has 0 heterocycles. The second kappa shape index (κ2) is 6.08. The van der Waals surface area contributed by atoms with E-state index in [0.717, 1.165) is 11.1 Å². The highest BCUT2D eigenvalue weighted by Crippen LogP contribution is 2.25. The highest BCUT2D eigenvalue weighted by Gasteiger charge is 2.23. The first-order valence-corrected chi connectivity index (χ1v) is 8.55. The number of aryl methyl sites for hydroxylation is 2. The van der Waals surface area contributed by atoms with Gasteiger partial charge in [0.1, 0.15) is 0 Å². The summed E-state index contributed by atoms with van der Waals surface area (Å²) in [6, 6.07) is 12.6. The van der Waals surface area contributed by atoms with Crippen molar-refractivity contribution in [3.05, 3.63) is 59.2 Å². The zero-order valence-corrected chi connectivity index (χ0v) is 13.9. The smallest absolute Gasteiger partial charge is 0.264 e. The lowest BCUT2D eigenvalue weighted by Gasteiger charge is -2.21. The van der Waals surface area contributed by atoms with Gasteiger partial charge in [-0.05, 0) is 43.2 Å². The standard InChI is InChI=1S/C16H18ClNO2S/c1-12-4-8-15(9-5-12)18(3)21(19,20)16-10-14(11-17)7-6-13(16)2/h4-10H,11H2,1-3H3. The Bertz CT molecular complexity index is 739. The third-order valence-electron chi connectivity index (χ3n) is 3.44. The first kappa shape index (κ1) is 15.9. The van der Waals surface area contributed by atoms with Gasteiger partial charge in [0, 0.05) is 12.9 Å². The molecular weight excluding hydrogens is 306 g/mol. The Hall–Kier alpha value is -1.52. The molecule has 0 spiro atoms. The molecule has 0 aliphatic rings. The number of halogens is 1. The van der Waals surface area contributed by atoms with Crippen LogP contribution in [-0.4, -0.2) is 15.5 Å². The number of hydrogen-bond donors (Lipinski definition) is 0. The Balaban J connectivity index is 2.48. The van der Waals surface area contributed by atoms with Crippen LogP contribution in [0.5, 0.6) is 0 Å². The van der Waals surface area contributed by atoms with Crippen molar-refractivity contribution in [3.63, 3.8) is 0 Å². The van der Waals surface area contributed by atoms with Crippen LogP contribution in [0.4, 0.5) is 5.69 Å². The minimum Gasteiger partial charge on any atom is -0.269 e. The number of anilines is 1. The van der Waals surface area contributed by atoms with Gasteiger partial charge < -0.3 is 0 Å². The van der Waals surface area contributed by atoms with Gasteiger partial charge in [-0.3, -0.25) is 4.31 Å². The molecule has 0 radical (unpaired) electrons. The lowest BCUT2D eigenvalue weighted by Crippen LogP contribution is -2.27. The minimum absolute atomic E-state index is 0.289. The normalized spacial score (nSPS) is 11.4. The molecule has 0 unspecified atom stereocenters. The average molecular weight is 324 g/mol. The molecular formula is C16H18ClNO2S. The highest BCUT2D eigenvalue weighted by atomic mass is 35.5. The van der Waals surface area contributed by atoms with E-state index in [1.165, 1.54) is 4.31 Å². The second-order valence-corrected chi connectivity index (χ2v) is 7.25. The zero-order chi connectivity index (χ0) is 15.6. The van der Waals surface area contributed by atoms with Gasteiger partial charge in [0.15, 0.2) is 0 Å². The summed E-state index contributed by atoms with van der Waals surface area (Å²) in [5.74, 6) is 0.289. The Kier molecular flexibility index (Phi) is 4.59. The number of sulfonamides is 1. The van der Waals surface area contributed by atoms with Crippen LogP contribution in [0.2, 0.25) is 0 Å². The molecule has 0 saturated carbocycles. The number of rotatable bonds is 4. The van der Waals surface area contributed by atoms with E-state index in [4.69, 9.17) is 11.6 Å². The minimum atomic E-state index is -3.59. The molecule has 0 aliphatic carbocycles. The largest absolute Gasteiger partial charge is 0.269 e. The van der Waals surface area contributed by atoms with E-state index in [2.05, 4.69) is 0 Å².